The number of nitrogens with zero attached hydrogens (tertiary/aromatic N) is 1. The molecule has 116 valence electrons. The summed E-state index contributed by atoms with van der Waals surface area (Å²) in [6, 6.07) is 0.372. The van der Waals surface area contributed by atoms with Crippen molar-refractivity contribution >= 4 is 5.91 Å². The maximum absolute atomic E-state index is 12.1. The monoisotopic (exact) mass is 283 g/mol. The molecule has 1 heterocycles. The Hall–Kier alpha value is -0.650. The Morgan fingerprint density at radius 2 is 2.20 bits per heavy atom. The Bertz CT molecular complexity index is 305. The fourth-order valence-corrected chi connectivity index (χ4v) is 3.18. The molecule has 1 amide bonds. The van der Waals surface area contributed by atoms with Gasteiger partial charge in [0.15, 0.2) is 0 Å². The lowest BCUT2D eigenvalue weighted by molar-refractivity contribution is -0.123. The van der Waals surface area contributed by atoms with Crippen LogP contribution in [0, 0.1) is 5.92 Å². The van der Waals surface area contributed by atoms with Crippen molar-refractivity contribution in [1.29, 1.82) is 0 Å². The van der Waals surface area contributed by atoms with Gasteiger partial charge < -0.3 is 15.4 Å². The molecule has 1 saturated carbocycles. The quantitative estimate of drug-likeness (QED) is 0.776. The lowest BCUT2D eigenvalue weighted by Crippen LogP contribution is -2.48. The number of amides is 1. The molecular formula is C15H29N3O2. The molecule has 2 rings (SSSR count). The van der Waals surface area contributed by atoms with Crippen LogP contribution in [0.3, 0.4) is 0 Å². The molecule has 0 radical (unpaired) electrons. The highest BCUT2D eigenvalue weighted by Gasteiger charge is 2.23. The lowest BCUT2D eigenvalue weighted by atomic mass is 9.86. The van der Waals surface area contributed by atoms with E-state index in [-0.39, 0.29) is 12.0 Å². The predicted octanol–water partition coefficient (Wildman–Crippen LogP) is 0.602. The van der Waals surface area contributed by atoms with E-state index in [2.05, 4.69) is 22.5 Å². The highest BCUT2D eigenvalue weighted by Crippen LogP contribution is 2.23. The molecule has 0 bridgehead atoms. The van der Waals surface area contributed by atoms with Crippen molar-refractivity contribution in [2.45, 2.75) is 44.8 Å². The Kier molecular flexibility index (Phi) is 6.26. The van der Waals surface area contributed by atoms with E-state index in [4.69, 9.17) is 4.74 Å². The van der Waals surface area contributed by atoms with Gasteiger partial charge in [0.25, 0.3) is 0 Å². The zero-order valence-corrected chi connectivity index (χ0v) is 12.9. The number of carbonyl (C=O) groups excluding carboxylic acids is 1. The smallest absolute Gasteiger partial charge is 0.234 e. The van der Waals surface area contributed by atoms with Gasteiger partial charge in [-0.25, -0.2) is 0 Å². The standard InChI is InChI=1S/C15H29N3O2/c1-12-5-3-4-6-14(12)17-15(19)11-18(2)10-13-9-16-7-8-20-13/h12-14,16H,3-11H2,1-2H3,(H,17,19). The summed E-state index contributed by atoms with van der Waals surface area (Å²) in [6.07, 6.45) is 5.12. The second kappa shape index (κ2) is 7.96. The molecule has 1 aliphatic carbocycles. The third kappa shape index (κ3) is 5.04. The minimum Gasteiger partial charge on any atom is -0.374 e. The minimum absolute atomic E-state index is 0.148. The zero-order valence-electron chi connectivity index (χ0n) is 12.9. The second-order valence-corrected chi connectivity index (χ2v) is 6.33. The van der Waals surface area contributed by atoms with Crippen molar-refractivity contribution in [1.82, 2.24) is 15.5 Å². The summed E-state index contributed by atoms with van der Waals surface area (Å²) in [5.41, 5.74) is 0. The van der Waals surface area contributed by atoms with Crippen LogP contribution in [-0.2, 0) is 9.53 Å². The fourth-order valence-electron chi connectivity index (χ4n) is 3.18. The van der Waals surface area contributed by atoms with Gasteiger partial charge in [-0.3, -0.25) is 9.69 Å². The van der Waals surface area contributed by atoms with Crippen LogP contribution in [0.4, 0.5) is 0 Å². The Morgan fingerprint density at radius 3 is 2.90 bits per heavy atom. The lowest BCUT2D eigenvalue weighted by Gasteiger charge is -2.31. The van der Waals surface area contributed by atoms with E-state index in [1.165, 1.54) is 19.3 Å². The van der Waals surface area contributed by atoms with E-state index in [0.29, 0.717) is 18.5 Å². The highest BCUT2D eigenvalue weighted by atomic mass is 16.5. The Balaban J connectivity index is 1.67. The average molecular weight is 283 g/mol. The van der Waals surface area contributed by atoms with Gasteiger partial charge in [-0.2, -0.15) is 0 Å². The molecule has 1 saturated heterocycles. The van der Waals surface area contributed by atoms with Gasteiger partial charge >= 0.3 is 0 Å². The van der Waals surface area contributed by atoms with E-state index in [1.807, 2.05) is 7.05 Å². The molecule has 3 unspecified atom stereocenters. The van der Waals surface area contributed by atoms with Crippen LogP contribution in [0.5, 0.6) is 0 Å². The van der Waals surface area contributed by atoms with Crippen molar-refractivity contribution in [2.24, 2.45) is 5.92 Å². The molecule has 2 aliphatic rings. The van der Waals surface area contributed by atoms with Gasteiger partial charge in [-0.15, -0.1) is 0 Å². The van der Waals surface area contributed by atoms with Crippen LogP contribution in [0.2, 0.25) is 0 Å². The SMILES string of the molecule is CC1CCCCC1NC(=O)CN(C)CC1CNCCO1. The third-order valence-corrected chi connectivity index (χ3v) is 4.39. The van der Waals surface area contributed by atoms with Gasteiger partial charge in [0, 0.05) is 25.7 Å². The zero-order chi connectivity index (χ0) is 14.4. The fraction of sp³-hybridized carbons (Fsp3) is 0.933. The number of hydrogen-bond donors (Lipinski definition) is 2. The number of carbonyl (C=O) groups is 1. The van der Waals surface area contributed by atoms with Crippen LogP contribution in [0.1, 0.15) is 32.6 Å². The molecule has 0 aromatic carbocycles. The van der Waals surface area contributed by atoms with Crippen LogP contribution in [0.25, 0.3) is 0 Å². The van der Waals surface area contributed by atoms with E-state index in [1.54, 1.807) is 0 Å². The molecule has 0 aromatic rings. The third-order valence-electron chi connectivity index (χ3n) is 4.39. The summed E-state index contributed by atoms with van der Waals surface area (Å²) in [7, 11) is 1.99. The van der Waals surface area contributed by atoms with E-state index in [0.717, 1.165) is 32.7 Å². The van der Waals surface area contributed by atoms with Gasteiger partial charge in [0.05, 0.1) is 19.3 Å². The largest absolute Gasteiger partial charge is 0.374 e. The molecular weight excluding hydrogens is 254 g/mol. The number of rotatable bonds is 5. The average Bonchev–Trinajstić information content (AvgIpc) is 2.42. The van der Waals surface area contributed by atoms with Gasteiger partial charge in [0.1, 0.15) is 0 Å². The molecule has 2 N–H and O–H groups in total. The molecule has 1 aliphatic heterocycles. The predicted molar refractivity (Wildman–Crippen MR) is 79.7 cm³/mol. The molecule has 3 atom stereocenters. The molecule has 2 fully saturated rings. The van der Waals surface area contributed by atoms with Gasteiger partial charge in [-0.1, -0.05) is 19.8 Å². The minimum atomic E-state index is 0.148. The first-order valence-corrected chi connectivity index (χ1v) is 7.95. The van der Waals surface area contributed by atoms with Crippen molar-refractivity contribution in [3.05, 3.63) is 0 Å². The summed E-state index contributed by atoms with van der Waals surface area (Å²) >= 11 is 0. The Morgan fingerprint density at radius 1 is 1.40 bits per heavy atom. The summed E-state index contributed by atoms with van der Waals surface area (Å²) < 4.78 is 5.66. The van der Waals surface area contributed by atoms with Crippen LogP contribution < -0.4 is 10.6 Å². The number of nitrogens with one attached hydrogen (secondary N) is 2. The highest BCUT2D eigenvalue weighted by molar-refractivity contribution is 5.78. The van der Waals surface area contributed by atoms with Crippen molar-refractivity contribution < 1.29 is 9.53 Å². The first kappa shape index (κ1) is 15.7. The maximum atomic E-state index is 12.1. The van der Waals surface area contributed by atoms with Crippen LogP contribution in [0.15, 0.2) is 0 Å². The molecule has 0 aromatic heterocycles. The number of likely N-dealkylation sites (N-methyl/N-ethyl adjacent to an activating group) is 1. The topological polar surface area (TPSA) is 53.6 Å². The number of hydrogen-bond acceptors (Lipinski definition) is 4. The number of morpholine rings is 1. The number of ether oxygens (including phenoxy) is 1. The van der Waals surface area contributed by atoms with Crippen LogP contribution >= 0.6 is 0 Å². The van der Waals surface area contributed by atoms with Gasteiger partial charge in [-0.05, 0) is 25.8 Å². The maximum Gasteiger partial charge on any atom is 0.234 e. The summed E-state index contributed by atoms with van der Waals surface area (Å²) in [5.74, 6) is 0.763. The molecule has 20 heavy (non-hydrogen) atoms. The molecule has 0 spiro atoms. The second-order valence-electron chi connectivity index (χ2n) is 6.33. The van der Waals surface area contributed by atoms with Crippen LogP contribution in [-0.4, -0.2) is 62.8 Å². The van der Waals surface area contributed by atoms with Crippen molar-refractivity contribution in [2.75, 3.05) is 39.8 Å². The van der Waals surface area contributed by atoms with E-state index in [9.17, 15) is 4.79 Å². The van der Waals surface area contributed by atoms with E-state index >= 15 is 0 Å². The first-order valence-electron chi connectivity index (χ1n) is 7.95. The summed E-state index contributed by atoms with van der Waals surface area (Å²) in [4.78, 5) is 14.2. The summed E-state index contributed by atoms with van der Waals surface area (Å²) in [5, 5.41) is 6.51. The van der Waals surface area contributed by atoms with E-state index < -0.39 is 0 Å². The van der Waals surface area contributed by atoms with Crippen molar-refractivity contribution in [3.63, 3.8) is 0 Å². The summed E-state index contributed by atoms with van der Waals surface area (Å²) in [6.45, 7) is 6.09. The first-order chi connectivity index (χ1) is 9.65. The van der Waals surface area contributed by atoms with Gasteiger partial charge in [0.2, 0.25) is 5.91 Å². The van der Waals surface area contributed by atoms with Crippen molar-refractivity contribution in [3.8, 4) is 0 Å². The molecule has 5 heteroatoms. The Labute approximate surface area is 122 Å². The normalized spacial score (nSPS) is 31.2. The molecule has 5 nitrogen and oxygen atoms in total.